The van der Waals surface area contributed by atoms with E-state index in [1.165, 1.54) is 42.1 Å². The summed E-state index contributed by atoms with van der Waals surface area (Å²) in [7, 11) is 0. The van der Waals surface area contributed by atoms with E-state index in [0.717, 1.165) is 0 Å². The van der Waals surface area contributed by atoms with Crippen molar-refractivity contribution in [3.05, 3.63) is 64.6 Å². The number of aromatic nitrogens is 3. The van der Waals surface area contributed by atoms with E-state index in [4.69, 9.17) is 16.0 Å². The number of carbonyl (C=O) groups excluding carboxylic acids is 2. The number of oxazole rings is 1. The van der Waals surface area contributed by atoms with E-state index >= 15 is 0 Å². The smallest absolute Gasteiger partial charge is 0.340 e. The van der Waals surface area contributed by atoms with Gasteiger partial charge >= 0.3 is 12.3 Å². The van der Waals surface area contributed by atoms with Crippen LogP contribution in [0.2, 0.25) is 5.02 Å². The number of nitrogens with one attached hydrogen (secondary N) is 1. The van der Waals surface area contributed by atoms with Gasteiger partial charge in [-0.3, -0.25) is 9.59 Å². The van der Waals surface area contributed by atoms with Crippen molar-refractivity contribution in [2.45, 2.75) is 38.3 Å². The topological polar surface area (TPSA) is 110 Å². The minimum atomic E-state index is -4.36. The molecule has 14 heteroatoms. The van der Waals surface area contributed by atoms with Crippen molar-refractivity contribution in [2.24, 2.45) is 0 Å². The highest BCUT2D eigenvalue weighted by atomic mass is 35.5. The molecule has 0 saturated heterocycles. The van der Waals surface area contributed by atoms with Gasteiger partial charge in [0.05, 0.1) is 24.7 Å². The lowest BCUT2D eigenvalue weighted by molar-refractivity contribution is -0.148. The highest BCUT2D eigenvalue weighted by Crippen LogP contribution is 2.36. The molecule has 1 aliphatic rings. The number of halogens is 5. The predicted octanol–water partition coefficient (Wildman–Crippen LogP) is 4.30. The van der Waals surface area contributed by atoms with Crippen LogP contribution in [0.15, 0.2) is 41.6 Å². The maximum Gasteiger partial charge on any atom is 0.340 e. The van der Waals surface area contributed by atoms with E-state index in [2.05, 4.69) is 25.0 Å². The molecular weight excluding hydrogens is 510 g/mol. The van der Waals surface area contributed by atoms with Crippen LogP contribution in [0.1, 0.15) is 40.1 Å². The van der Waals surface area contributed by atoms with Gasteiger partial charge in [-0.25, -0.2) is 23.7 Å². The summed E-state index contributed by atoms with van der Waals surface area (Å²) in [6.07, 6.45) is 1.26. The Morgan fingerprint density at radius 1 is 1.33 bits per heavy atom. The molecule has 0 radical (unpaired) electrons. The summed E-state index contributed by atoms with van der Waals surface area (Å²) in [5.74, 6) is -5.30. The average Bonchev–Trinajstić information content (AvgIpc) is 3.46. The van der Waals surface area contributed by atoms with Crippen LogP contribution in [0.5, 0.6) is 5.88 Å². The molecule has 0 fully saturated rings. The molecule has 1 unspecified atom stereocenters. The monoisotopic (exact) mass is 527 g/mol. The van der Waals surface area contributed by atoms with Gasteiger partial charge in [0.2, 0.25) is 11.8 Å². The number of anilines is 1. The van der Waals surface area contributed by atoms with Crippen molar-refractivity contribution in [1.29, 1.82) is 0 Å². The van der Waals surface area contributed by atoms with E-state index in [0.29, 0.717) is 22.4 Å². The van der Waals surface area contributed by atoms with Gasteiger partial charge in [0.15, 0.2) is 13.0 Å². The number of hydrogen-bond acceptors (Lipinski definition) is 7. The molecular formula is C22H18ClF4N5O4. The van der Waals surface area contributed by atoms with E-state index in [1.807, 2.05) is 0 Å². The number of hydrogen-bond donors (Lipinski definition) is 1. The second-order valence-corrected chi connectivity index (χ2v) is 8.31. The van der Waals surface area contributed by atoms with E-state index in [9.17, 15) is 27.2 Å². The second kappa shape index (κ2) is 10.1. The van der Waals surface area contributed by atoms with Crippen molar-refractivity contribution < 1.29 is 36.3 Å². The SMILES string of the molecule is CC(c1cnc(OCC(F)(F)C(F)F)c(Cl)c1)N1Cc2c(ccnc2NC(=O)Cc2cocn2)C1=O. The summed E-state index contributed by atoms with van der Waals surface area (Å²) in [6, 6.07) is 2.30. The minimum absolute atomic E-state index is 0.0439. The molecule has 9 nitrogen and oxygen atoms in total. The molecule has 4 heterocycles. The molecule has 36 heavy (non-hydrogen) atoms. The van der Waals surface area contributed by atoms with Crippen molar-refractivity contribution in [3.8, 4) is 5.88 Å². The van der Waals surface area contributed by atoms with Gasteiger partial charge in [0.25, 0.3) is 5.91 Å². The largest absolute Gasteiger partial charge is 0.470 e. The van der Waals surface area contributed by atoms with E-state index in [-0.39, 0.29) is 29.7 Å². The first kappa shape index (κ1) is 25.4. The predicted molar refractivity (Wildman–Crippen MR) is 117 cm³/mol. The maximum atomic E-state index is 13.1. The van der Waals surface area contributed by atoms with Crippen molar-refractivity contribution >= 4 is 29.2 Å². The fourth-order valence-electron chi connectivity index (χ4n) is 3.52. The molecule has 0 aromatic carbocycles. The molecule has 190 valence electrons. The third-order valence-electron chi connectivity index (χ3n) is 5.46. The van der Waals surface area contributed by atoms with Crippen LogP contribution in [0, 0.1) is 0 Å². The van der Waals surface area contributed by atoms with Crippen molar-refractivity contribution in [3.63, 3.8) is 0 Å². The lowest BCUT2D eigenvalue weighted by atomic mass is 10.1. The third kappa shape index (κ3) is 5.25. The summed E-state index contributed by atoms with van der Waals surface area (Å²) >= 11 is 6.06. The fraction of sp³-hybridized carbons (Fsp3) is 0.318. The number of fused-ring (bicyclic) bond motifs is 1. The number of ether oxygens (including phenoxy) is 1. The zero-order valence-electron chi connectivity index (χ0n) is 18.6. The summed E-state index contributed by atoms with van der Waals surface area (Å²) in [5, 5.41) is 2.49. The zero-order chi connectivity index (χ0) is 26.0. The lowest BCUT2D eigenvalue weighted by Gasteiger charge is -2.25. The molecule has 2 amide bonds. The number of amides is 2. The fourth-order valence-corrected chi connectivity index (χ4v) is 3.75. The first-order chi connectivity index (χ1) is 17.1. The van der Waals surface area contributed by atoms with Crippen LogP contribution in [0.3, 0.4) is 0 Å². The Morgan fingerprint density at radius 2 is 2.11 bits per heavy atom. The molecule has 4 rings (SSSR count). The Morgan fingerprint density at radius 3 is 2.78 bits per heavy atom. The van der Waals surface area contributed by atoms with E-state index in [1.54, 1.807) is 6.92 Å². The van der Waals surface area contributed by atoms with Gasteiger partial charge in [-0.15, -0.1) is 0 Å². The van der Waals surface area contributed by atoms with E-state index < -0.39 is 36.8 Å². The van der Waals surface area contributed by atoms with Gasteiger partial charge < -0.3 is 19.4 Å². The average molecular weight is 528 g/mol. The number of rotatable bonds is 9. The first-order valence-electron chi connectivity index (χ1n) is 10.5. The van der Waals surface area contributed by atoms with Crippen LogP contribution in [0.4, 0.5) is 23.4 Å². The van der Waals surface area contributed by atoms with Crippen molar-refractivity contribution in [1.82, 2.24) is 19.9 Å². The van der Waals surface area contributed by atoms with Gasteiger partial charge in [0, 0.05) is 23.5 Å². The number of alkyl halides is 4. The van der Waals surface area contributed by atoms with Crippen LogP contribution in [-0.4, -0.2) is 50.6 Å². The van der Waals surface area contributed by atoms with Crippen LogP contribution in [0.25, 0.3) is 0 Å². The Hall–Kier alpha value is -3.74. The summed E-state index contributed by atoms with van der Waals surface area (Å²) < 4.78 is 60.4. The van der Waals surface area contributed by atoms with Gasteiger partial charge in [-0.1, -0.05) is 11.6 Å². The van der Waals surface area contributed by atoms with Crippen molar-refractivity contribution in [2.75, 3.05) is 11.9 Å². The zero-order valence-corrected chi connectivity index (χ0v) is 19.3. The number of carbonyl (C=O) groups is 2. The molecule has 0 aliphatic carbocycles. The molecule has 1 atom stereocenters. The molecule has 1 aliphatic heterocycles. The molecule has 0 saturated carbocycles. The summed E-state index contributed by atoms with van der Waals surface area (Å²) in [5.41, 5.74) is 1.73. The molecule has 0 bridgehead atoms. The summed E-state index contributed by atoms with van der Waals surface area (Å²) in [4.78, 5) is 38.8. The third-order valence-corrected chi connectivity index (χ3v) is 5.73. The van der Waals surface area contributed by atoms with Gasteiger partial charge in [0.1, 0.15) is 17.1 Å². The number of pyridine rings is 2. The Bertz CT molecular complexity index is 1280. The Kier molecular flexibility index (Phi) is 7.11. The molecule has 3 aromatic rings. The normalized spacial score (nSPS) is 14.2. The second-order valence-electron chi connectivity index (χ2n) is 7.91. The molecule has 1 N–H and O–H groups in total. The van der Waals surface area contributed by atoms with Crippen LogP contribution < -0.4 is 10.1 Å². The first-order valence-corrected chi connectivity index (χ1v) is 10.8. The van der Waals surface area contributed by atoms with Crippen LogP contribution >= 0.6 is 11.6 Å². The highest BCUT2D eigenvalue weighted by molar-refractivity contribution is 6.31. The summed E-state index contributed by atoms with van der Waals surface area (Å²) in [6.45, 7) is 0.211. The maximum absolute atomic E-state index is 13.1. The highest BCUT2D eigenvalue weighted by Gasteiger charge is 2.42. The van der Waals surface area contributed by atoms with Gasteiger partial charge in [-0.2, -0.15) is 8.78 Å². The minimum Gasteiger partial charge on any atom is -0.470 e. The number of nitrogens with zero attached hydrogens (tertiary/aromatic N) is 4. The quantitative estimate of drug-likeness (QED) is 0.413. The molecule has 3 aromatic heterocycles. The standard InChI is InChI=1S/C22H18ClF4N5O4/c1-11(12-4-16(23)19(29-6-12)36-9-22(26,27)21(24)25)32-7-15-14(20(32)34)2-3-28-18(15)31-17(33)5-13-8-35-10-30-13/h2-4,6,8,10-11,21H,5,7,9H2,1H3,(H,28,31,33). The molecule has 0 spiro atoms. The Balaban J connectivity index is 1.47. The lowest BCUT2D eigenvalue weighted by Crippen LogP contribution is -2.34. The Labute approximate surface area is 206 Å². The van der Waals surface area contributed by atoms with Crippen LogP contribution in [-0.2, 0) is 17.8 Å². The van der Waals surface area contributed by atoms with Gasteiger partial charge in [-0.05, 0) is 24.6 Å².